The number of ether oxygens (including phenoxy) is 1. The van der Waals surface area contributed by atoms with Crippen LogP contribution in [0, 0.1) is 0 Å². The summed E-state index contributed by atoms with van der Waals surface area (Å²) in [5, 5.41) is 0. The van der Waals surface area contributed by atoms with Crippen molar-refractivity contribution in [3.63, 3.8) is 0 Å². The molecule has 0 radical (unpaired) electrons. The van der Waals surface area contributed by atoms with E-state index in [1.54, 1.807) is 7.11 Å². The van der Waals surface area contributed by atoms with Gasteiger partial charge in [-0.3, -0.25) is 4.79 Å². The molecule has 1 aromatic carbocycles. The second-order valence-electron chi connectivity index (χ2n) is 7.54. The fourth-order valence-electron chi connectivity index (χ4n) is 3.14. The van der Waals surface area contributed by atoms with Crippen LogP contribution in [0.1, 0.15) is 39.7 Å². The summed E-state index contributed by atoms with van der Waals surface area (Å²) in [5.41, 5.74) is 2.29. The van der Waals surface area contributed by atoms with E-state index in [0.29, 0.717) is 19.6 Å². The maximum Gasteiger partial charge on any atom is 0.494 e. The average Bonchev–Trinajstić information content (AvgIpc) is 2.92. The van der Waals surface area contributed by atoms with E-state index >= 15 is 0 Å². The van der Waals surface area contributed by atoms with E-state index in [-0.39, 0.29) is 17.1 Å². The highest BCUT2D eigenvalue weighted by atomic mass is 16.7. The quantitative estimate of drug-likeness (QED) is 0.611. The Balaban J connectivity index is 1.79. The third-order valence-corrected chi connectivity index (χ3v) is 5.29. The highest BCUT2D eigenvalue weighted by Crippen LogP contribution is 2.37. The first-order valence-corrected chi connectivity index (χ1v) is 8.53. The molecule has 1 saturated heterocycles. The molecular weight excluding hydrogens is 305 g/mol. The number of benzene rings is 1. The van der Waals surface area contributed by atoms with Gasteiger partial charge in [0.1, 0.15) is 0 Å². The lowest BCUT2D eigenvalue weighted by Gasteiger charge is -2.32. The Morgan fingerprint density at radius 3 is 2.50 bits per heavy atom. The Kier molecular flexibility index (Phi) is 4.49. The lowest BCUT2D eigenvalue weighted by molar-refractivity contribution is -0.117. The molecule has 0 bridgehead atoms. The zero-order chi connectivity index (χ0) is 17.5. The van der Waals surface area contributed by atoms with E-state index in [9.17, 15) is 4.79 Å². The standard InChI is InChI=1S/C18H26BNO4/c1-17(2)18(3,4)24-19(23-17)14-7-8-15-13(11-14)12-16(21)20(15)9-6-10-22-5/h7-8,11H,6,9-10,12H2,1-5H3. The van der Waals surface area contributed by atoms with Gasteiger partial charge in [-0.15, -0.1) is 0 Å². The van der Waals surface area contributed by atoms with E-state index in [2.05, 4.69) is 0 Å². The zero-order valence-electron chi connectivity index (χ0n) is 15.2. The summed E-state index contributed by atoms with van der Waals surface area (Å²) in [7, 11) is 1.29. The molecule has 0 spiro atoms. The first-order valence-electron chi connectivity index (χ1n) is 8.53. The third-order valence-electron chi connectivity index (χ3n) is 5.29. The highest BCUT2D eigenvalue weighted by molar-refractivity contribution is 6.62. The number of methoxy groups -OCH3 is 1. The second-order valence-corrected chi connectivity index (χ2v) is 7.54. The van der Waals surface area contributed by atoms with E-state index in [0.717, 1.165) is 23.1 Å². The van der Waals surface area contributed by atoms with Crippen LogP contribution >= 0.6 is 0 Å². The fraction of sp³-hybridized carbons (Fsp3) is 0.611. The van der Waals surface area contributed by atoms with Gasteiger partial charge in [-0.25, -0.2) is 0 Å². The number of rotatable bonds is 5. The number of carbonyl (C=O) groups is 1. The Bertz CT molecular complexity index is 628. The minimum Gasteiger partial charge on any atom is -0.399 e. The number of nitrogens with zero attached hydrogens (tertiary/aromatic N) is 1. The SMILES string of the molecule is COCCCN1C(=O)Cc2cc(B3OC(C)(C)C(C)(C)O3)ccc21. The topological polar surface area (TPSA) is 48.0 Å². The summed E-state index contributed by atoms with van der Waals surface area (Å²) in [6.45, 7) is 9.52. The van der Waals surface area contributed by atoms with Crippen LogP contribution in [0.25, 0.3) is 0 Å². The molecule has 1 aromatic rings. The van der Waals surface area contributed by atoms with Crippen LogP contribution in [0.15, 0.2) is 18.2 Å². The number of hydrogen-bond acceptors (Lipinski definition) is 4. The Hall–Kier alpha value is -1.37. The largest absolute Gasteiger partial charge is 0.494 e. The van der Waals surface area contributed by atoms with Crippen molar-refractivity contribution in [3.05, 3.63) is 23.8 Å². The van der Waals surface area contributed by atoms with Gasteiger partial charge in [0.15, 0.2) is 0 Å². The third kappa shape index (κ3) is 2.98. The predicted molar refractivity (Wildman–Crippen MR) is 94.7 cm³/mol. The average molecular weight is 331 g/mol. The van der Waals surface area contributed by atoms with Crippen LogP contribution in [0.4, 0.5) is 5.69 Å². The van der Waals surface area contributed by atoms with Crippen LogP contribution in [0.2, 0.25) is 0 Å². The van der Waals surface area contributed by atoms with Crippen molar-refractivity contribution in [2.75, 3.05) is 25.2 Å². The lowest BCUT2D eigenvalue weighted by atomic mass is 9.78. The van der Waals surface area contributed by atoms with Crippen molar-refractivity contribution >= 4 is 24.2 Å². The summed E-state index contributed by atoms with van der Waals surface area (Å²) in [5.74, 6) is 0.146. The number of amides is 1. The number of carbonyl (C=O) groups excluding carboxylic acids is 1. The molecule has 130 valence electrons. The highest BCUT2D eigenvalue weighted by Gasteiger charge is 2.51. The minimum absolute atomic E-state index is 0.146. The van der Waals surface area contributed by atoms with E-state index in [1.807, 2.05) is 50.8 Å². The smallest absolute Gasteiger partial charge is 0.399 e. The summed E-state index contributed by atoms with van der Waals surface area (Å²) in [6, 6.07) is 6.06. The summed E-state index contributed by atoms with van der Waals surface area (Å²) >= 11 is 0. The first-order chi connectivity index (χ1) is 11.2. The van der Waals surface area contributed by atoms with Crippen LogP contribution in [0.5, 0.6) is 0 Å². The van der Waals surface area contributed by atoms with Gasteiger partial charge >= 0.3 is 7.12 Å². The molecule has 0 saturated carbocycles. The maximum absolute atomic E-state index is 12.3. The number of anilines is 1. The van der Waals surface area contributed by atoms with Crippen LogP contribution in [0.3, 0.4) is 0 Å². The van der Waals surface area contributed by atoms with E-state index < -0.39 is 7.12 Å². The number of fused-ring (bicyclic) bond motifs is 1. The van der Waals surface area contributed by atoms with E-state index in [4.69, 9.17) is 14.0 Å². The first kappa shape index (κ1) is 17.5. The van der Waals surface area contributed by atoms with Gasteiger partial charge in [0, 0.05) is 25.9 Å². The normalized spacial score (nSPS) is 21.5. The molecule has 1 amide bonds. The Labute approximate surface area is 144 Å². The van der Waals surface area contributed by atoms with Crippen molar-refractivity contribution < 1.29 is 18.8 Å². The molecule has 3 rings (SSSR count). The van der Waals surface area contributed by atoms with Crippen molar-refractivity contribution in [1.29, 1.82) is 0 Å². The van der Waals surface area contributed by atoms with Crippen molar-refractivity contribution in [2.24, 2.45) is 0 Å². The van der Waals surface area contributed by atoms with Gasteiger partial charge < -0.3 is 18.9 Å². The van der Waals surface area contributed by atoms with Gasteiger partial charge in [0.05, 0.1) is 17.6 Å². The Morgan fingerprint density at radius 1 is 1.21 bits per heavy atom. The fourth-order valence-corrected chi connectivity index (χ4v) is 3.14. The van der Waals surface area contributed by atoms with Crippen LogP contribution < -0.4 is 10.4 Å². The lowest BCUT2D eigenvalue weighted by Crippen LogP contribution is -2.41. The van der Waals surface area contributed by atoms with Gasteiger partial charge in [-0.2, -0.15) is 0 Å². The van der Waals surface area contributed by atoms with Crippen LogP contribution in [-0.4, -0.2) is 44.5 Å². The molecule has 0 aliphatic carbocycles. The molecule has 0 atom stereocenters. The second kappa shape index (κ2) is 6.17. The van der Waals surface area contributed by atoms with Gasteiger partial charge in [0.2, 0.25) is 5.91 Å². The molecule has 6 heteroatoms. The molecule has 0 aromatic heterocycles. The van der Waals surface area contributed by atoms with Gasteiger partial charge in [-0.05, 0) is 51.2 Å². The maximum atomic E-state index is 12.3. The molecule has 5 nitrogen and oxygen atoms in total. The van der Waals surface area contributed by atoms with Crippen LogP contribution in [-0.2, 0) is 25.3 Å². The minimum atomic E-state index is -0.391. The summed E-state index contributed by atoms with van der Waals surface area (Å²) in [6.07, 6.45) is 1.27. The van der Waals surface area contributed by atoms with E-state index in [1.165, 1.54) is 0 Å². The van der Waals surface area contributed by atoms with Crippen molar-refractivity contribution in [3.8, 4) is 0 Å². The van der Waals surface area contributed by atoms with Crippen molar-refractivity contribution in [1.82, 2.24) is 0 Å². The van der Waals surface area contributed by atoms with Crippen molar-refractivity contribution in [2.45, 2.75) is 51.7 Å². The molecule has 1 fully saturated rings. The summed E-state index contributed by atoms with van der Waals surface area (Å²) < 4.78 is 17.3. The molecule has 2 aliphatic heterocycles. The molecule has 2 heterocycles. The summed E-state index contributed by atoms with van der Waals surface area (Å²) in [4.78, 5) is 14.1. The number of hydrogen-bond donors (Lipinski definition) is 0. The molecule has 0 N–H and O–H groups in total. The molecule has 24 heavy (non-hydrogen) atoms. The Morgan fingerprint density at radius 2 is 1.88 bits per heavy atom. The zero-order valence-corrected chi connectivity index (χ0v) is 15.2. The molecular formula is C18H26BNO4. The molecule has 2 aliphatic rings. The van der Waals surface area contributed by atoms with Gasteiger partial charge in [0.25, 0.3) is 0 Å². The van der Waals surface area contributed by atoms with Gasteiger partial charge in [-0.1, -0.05) is 12.1 Å². The predicted octanol–water partition coefficient (Wildman–Crippen LogP) is 1.91. The monoisotopic (exact) mass is 331 g/mol. The molecule has 0 unspecified atom stereocenters.